The van der Waals surface area contributed by atoms with Crippen LogP contribution in [0.1, 0.15) is 38.5 Å². The van der Waals surface area contributed by atoms with Crippen LogP contribution in [0.5, 0.6) is 0 Å². The highest BCUT2D eigenvalue weighted by molar-refractivity contribution is 6.32. The van der Waals surface area contributed by atoms with E-state index in [2.05, 4.69) is 17.4 Å². The van der Waals surface area contributed by atoms with Crippen molar-refractivity contribution in [2.45, 2.75) is 19.8 Å². The maximum Gasteiger partial charge on any atom is 0.411 e. The van der Waals surface area contributed by atoms with E-state index in [1.165, 1.54) is 0 Å². The predicted molar refractivity (Wildman–Crippen MR) is 117 cm³/mol. The van der Waals surface area contributed by atoms with E-state index in [9.17, 15) is 14.7 Å². The summed E-state index contributed by atoms with van der Waals surface area (Å²) in [5.41, 5.74) is 5.60. The monoisotopic (exact) mass is 421 g/mol. The average molecular weight is 422 g/mol. The Morgan fingerprint density at radius 2 is 1.60 bits per heavy atom. The van der Waals surface area contributed by atoms with Gasteiger partial charge >= 0.3 is 12.1 Å². The molecule has 1 aliphatic carbocycles. The van der Waals surface area contributed by atoms with Crippen molar-refractivity contribution in [1.29, 1.82) is 0 Å². The second-order valence-electron chi connectivity index (χ2n) is 7.31. The van der Waals surface area contributed by atoms with Gasteiger partial charge in [0.05, 0.1) is 11.3 Å². The summed E-state index contributed by atoms with van der Waals surface area (Å²) in [6.45, 7) is 3.44. The molecule has 0 aromatic heterocycles. The van der Waals surface area contributed by atoms with Crippen LogP contribution in [0.15, 0.2) is 54.6 Å². The zero-order chi connectivity index (χ0) is 21.4. The van der Waals surface area contributed by atoms with Crippen LogP contribution in [0.25, 0.3) is 11.1 Å². The first-order valence-electron chi connectivity index (χ1n) is 9.53. The third kappa shape index (κ3) is 3.42. The van der Waals surface area contributed by atoms with Crippen LogP contribution in [-0.2, 0) is 4.74 Å². The zero-order valence-corrected chi connectivity index (χ0v) is 17.3. The number of benzene rings is 3. The third-order valence-electron chi connectivity index (χ3n) is 5.51. The van der Waals surface area contributed by atoms with Gasteiger partial charge in [0.1, 0.15) is 6.61 Å². The molecule has 0 saturated heterocycles. The van der Waals surface area contributed by atoms with Crippen LogP contribution < -0.4 is 5.32 Å². The number of halogens is 1. The summed E-state index contributed by atoms with van der Waals surface area (Å²) >= 11 is 6.11. The van der Waals surface area contributed by atoms with E-state index in [0.717, 1.165) is 22.3 Å². The zero-order valence-electron chi connectivity index (χ0n) is 16.5. The fraction of sp³-hybridized carbons (Fsp3) is 0.167. The van der Waals surface area contributed by atoms with Crippen molar-refractivity contribution in [2.24, 2.45) is 0 Å². The highest BCUT2D eigenvalue weighted by Crippen LogP contribution is 2.44. The van der Waals surface area contributed by atoms with E-state index in [1.807, 2.05) is 36.4 Å². The number of ether oxygens (including phenoxy) is 1. The number of aryl methyl sites for hydroxylation is 1. The average Bonchev–Trinajstić information content (AvgIpc) is 3.04. The minimum Gasteiger partial charge on any atom is -0.478 e. The smallest absolute Gasteiger partial charge is 0.411 e. The second kappa shape index (κ2) is 7.84. The molecule has 1 aliphatic rings. The Morgan fingerprint density at radius 3 is 2.17 bits per heavy atom. The minimum absolute atomic E-state index is 0.0338. The van der Waals surface area contributed by atoms with E-state index in [4.69, 9.17) is 16.3 Å². The first kappa shape index (κ1) is 20.0. The van der Waals surface area contributed by atoms with Gasteiger partial charge in [0.15, 0.2) is 0 Å². The van der Waals surface area contributed by atoms with Crippen LogP contribution in [-0.4, -0.2) is 23.8 Å². The van der Waals surface area contributed by atoms with Crippen LogP contribution >= 0.6 is 11.6 Å². The first-order valence-corrected chi connectivity index (χ1v) is 9.91. The van der Waals surface area contributed by atoms with Gasteiger partial charge in [0.25, 0.3) is 0 Å². The van der Waals surface area contributed by atoms with Crippen molar-refractivity contribution in [1.82, 2.24) is 0 Å². The van der Waals surface area contributed by atoms with E-state index in [0.29, 0.717) is 16.1 Å². The van der Waals surface area contributed by atoms with E-state index < -0.39 is 12.1 Å². The second-order valence-corrected chi connectivity index (χ2v) is 7.71. The van der Waals surface area contributed by atoms with Gasteiger partial charge in [-0.15, -0.1) is 0 Å². The van der Waals surface area contributed by atoms with Gasteiger partial charge in [-0.2, -0.15) is 0 Å². The molecule has 0 spiro atoms. The number of hydrogen-bond acceptors (Lipinski definition) is 3. The number of amides is 1. The highest BCUT2D eigenvalue weighted by atomic mass is 35.5. The summed E-state index contributed by atoms with van der Waals surface area (Å²) in [6, 6.07) is 17.7. The Bertz CT molecular complexity index is 1130. The molecule has 0 bridgehead atoms. The molecule has 152 valence electrons. The van der Waals surface area contributed by atoms with Gasteiger partial charge in [0.2, 0.25) is 0 Å². The van der Waals surface area contributed by atoms with Gasteiger partial charge in [-0.3, -0.25) is 5.32 Å². The topological polar surface area (TPSA) is 75.6 Å². The molecule has 1 amide bonds. The minimum atomic E-state index is -1.16. The number of carbonyl (C=O) groups is 2. The number of hydrogen-bond donors (Lipinski definition) is 2. The molecule has 0 unspecified atom stereocenters. The van der Waals surface area contributed by atoms with Crippen molar-refractivity contribution in [2.75, 3.05) is 11.9 Å². The van der Waals surface area contributed by atoms with Gasteiger partial charge < -0.3 is 9.84 Å². The fourth-order valence-corrected chi connectivity index (χ4v) is 4.30. The summed E-state index contributed by atoms with van der Waals surface area (Å²) < 4.78 is 5.53. The maximum absolute atomic E-state index is 12.6. The number of fused-ring (bicyclic) bond motifs is 3. The van der Waals surface area contributed by atoms with E-state index in [-0.39, 0.29) is 23.8 Å². The lowest BCUT2D eigenvalue weighted by Gasteiger charge is -2.17. The van der Waals surface area contributed by atoms with Crippen molar-refractivity contribution >= 4 is 29.4 Å². The van der Waals surface area contributed by atoms with Crippen LogP contribution in [0.4, 0.5) is 10.5 Å². The Morgan fingerprint density at radius 1 is 1.03 bits per heavy atom. The van der Waals surface area contributed by atoms with E-state index in [1.54, 1.807) is 19.9 Å². The molecular weight excluding hydrogens is 402 g/mol. The van der Waals surface area contributed by atoms with Gasteiger partial charge in [-0.1, -0.05) is 60.1 Å². The normalized spacial score (nSPS) is 12.2. The number of nitrogens with one attached hydrogen (secondary N) is 1. The molecule has 30 heavy (non-hydrogen) atoms. The van der Waals surface area contributed by atoms with Crippen LogP contribution in [0, 0.1) is 13.8 Å². The number of aromatic carboxylic acids is 1. The Hall–Kier alpha value is -3.31. The number of carboxylic acid groups (broad SMARTS) is 1. The molecule has 0 aliphatic heterocycles. The molecule has 0 heterocycles. The van der Waals surface area contributed by atoms with Gasteiger partial charge in [0, 0.05) is 10.9 Å². The lowest BCUT2D eigenvalue weighted by atomic mass is 9.98. The third-order valence-corrected chi connectivity index (χ3v) is 5.90. The molecule has 0 saturated carbocycles. The first-order chi connectivity index (χ1) is 14.4. The van der Waals surface area contributed by atoms with Crippen LogP contribution in [0.2, 0.25) is 5.02 Å². The summed E-state index contributed by atoms with van der Waals surface area (Å²) in [4.78, 5) is 24.3. The Balaban J connectivity index is 1.56. The molecule has 4 rings (SSSR count). The number of rotatable bonds is 4. The predicted octanol–water partition coefficient (Wildman–Crippen LogP) is 6.02. The van der Waals surface area contributed by atoms with Gasteiger partial charge in [-0.05, 0) is 53.3 Å². The Labute approximate surface area is 179 Å². The van der Waals surface area contributed by atoms with E-state index >= 15 is 0 Å². The molecule has 0 fully saturated rings. The van der Waals surface area contributed by atoms with Crippen molar-refractivity contribution in [3.8, 4) is 11.1 Å². The maximum atomic E-state index is 12.6. The molecule has 6 heteroatoms. The summed E-state index contributed by atoms with van der Waals surface area (Å²) in [6.07, 6.45) is -0.704. The van der Waals surface area contributed by atoms with Crippen molar-refractivity contribution in [3.05, 3.63) is 87.4 Å². The SMILES string of the molecule is Cc1cc(Cl)c(C)c(C(=O)O)c1NC(=O)OCC1c2ccccc2-c2ccccc21. The molecule has 0 atom stereocenters. The number of carboxylic acids is 1. The summed E-state index contributed by atoms with van der Waals surface area (Å²) in [7, 11) is 0. The quantitative estimate of drug-likeness (QED) is 0.540. The van der Waals surface area contributed by atoms with Crippen molar-refractivity contribution < 1.29 is 19.4 Å². The highest BCUT2D eigenvalue weighted by Gasteiger charge is 2.29. The molecule has 2 N–H and O–H groups in total. The van der Waals surface area contributed by atoms with Crippen molar-refractivity contribution in [3.63, 3.8) is 0 Å². The lowest BCUT2D eigenvalue weighted by molar-refractivity contribution is 0.0697. The fourth-order valence-electron chi connectivity index (χ4n) is 4.04. The standard InChI is InChI=1S/C24H20ClNO4/c1-13-11-20(25)14(2)21(23(27)28)22(13)26-24(29)30-12-19-17-9-5-3-7-15(17)16-8-4-6-10-18(16)19/h3-11,19H,12H2,1-2H3,(H,26,29)(H,27,28). The number of anilines is 1. The molecule has 0 radical (unpaired) electrons. The molecule has 5 nitrogen and oxygen atoms in total. The van der Waals surface area contributed by atoms with Crippen LogP contribution in [0.3, 0.4) is 0 Å². The Kier molecular flexibility index (Phi) is 5.22. The summed E-state index contributed by atoms with van der Waals surface area (Å²) in [5.74, 6) is -1.23. The molecular formula is C24H20ClNO4. The molecule has 3 aromatic rings. The summed E-state index contributed by atoms with van der Waals surface area (Å²) in [5, 5.41) is 12.5. The molecule has 3 aromatic carbocycles. The van der Waals surface area contributed by atoms with Gasteiger partial charge in [-0.25, -0.2) is 9.59 Å². The number of carbonyl (C=O) groups excluding carboxylic acids is 1. The lowest BCUT2D eigenvalue weighted by Crippen LogP contribution is -2.20. The largest absolute Gasteiger partial charge is 0.478 e.